The lowest BCUT2D eigenvalue weighted by Gasteiger charge is -2.07. The van der Waals surface area contributed by atoms with Gasteiger partial charge in [-0.25, -0.2) is 9.67 Å². The average Bonchev–Trinajstić information content (AvgIpc) is 3.37. The molecule has 0 bridgehead atoms. The molecule has 8 heteroatoms. The Morgan fingerprint density at radius 1 is 1.13 bits per heavy atom. The van der Waals surface area contributed by atoms with E-state index in [2.05, 4.69) is 39.7 Å². The molecule has 1 N–H and O–H groups in total. The number of rotatable bonds is 7. The Morgan fingerprint density at radius 3 is 2.63 bits per heavy atom. The minimum absolute atomic E-state index is 0.306. The number of aromatic nitrogens is 4. The van der Waals surface area contributed by atoms with Gasteiger partial charge in [0, 0.05) is 22.5 Å². The lowest BCUT2D eigenvalue weighted by Crippen LogP contribution is -2.15. The maximum absolute atomic E-state index is 12.9. The predicted molar refractivity (Wildman–Crippen MR) is 120 cm³/mol. The number of nitrogens with one attached hydrogen (secondary N) is 1. The molecule has 0 radical (unpaired) electrons. The zero-order valence-corrected chi connectivity index (χ0v) is 18.0. The predicted octanol–water partition coefficient (Wildman–Crippen LogP) is 5.17. The number of nitrogens with zero attached hydrogens (tertiary/aromatic N) is 4. The van der Waals surface area contributed by atoms with Crippen LogP contribution in [0.25, 0.3) is 5.69 Å². The van der Waals surface area contributed by atoms with Gasteiger partial charge in [0.1, 0.15) is 0 Å². The molecule has 2 aromatic carbocycles. The summed E-state index contributed by atoms with van der Waals surface area (Å²) in [6.45, 7) is 2.05. The van der Waals surface area contributed by atoms with Crippen molar-refractivity contribution in [1.82, 2.24) is 20.0 Å². The van der Waals surface area contributed by atoms with Crippen LogP contribution in [0.2, 0.25) is 5.02 Å². The van der Waals surface area contributed by atoms with Crippen molar-refractivity contribution >= 4 is 34.0 Å². The molecule has 0 aliphatic rings. The lowest BCUT2D eigenvalue weighted by atomic mass is 10.1. The summed E-state index contributed by atoms with van der Waals surface area (Å²) in [6, 6.07) is 17.5. The van der Waals surface area contributed by atoms with Gasteiger partial charge in [-0.3, -0.25) is 10.1 Å². The van der Waals surface area contributed by atoms with E-state index in [9.17, 15) is 4.79 Å². The van der Waals surface area contributed by atoms with Crippen molar-refractivity contribution in [3.05, 3.63) is 87.6 Å². The van der Waals surface area contributed by atoms with E-state index in [0.29, 0.717) is 22.3 Å². The van der Waals surface area contributed by atoms with E-state index in [0.717, 1.165) is 29.1 Å². The summed E-state index contributed by atoms with van der Waals surface area (Å²) < 4.78 is 1.69. The van der Waals surface area contributed by atoms with E-state index < -0.39 is 0 Å². The molecular formula is C22H20ClN5OS. The van der Waals surface area contributed by atoms with E-state index in [4.69, 9.17) is 11.6 Å². The van der Waals surface area contributed by atoms with Gasteiger partial charge in [0.2, 0.25) is 0 Å². The molecule has 0 aliphatic carbocycles. The van der Waals surface area contributed by atoms with Gasteiger partial charge in [0.15, 0.2) is 10.8 Å². The second-order valence-electron chi connectivity index (χ2n) is 6.77. The average molecular weight is 438 g/mol. The van der Waals surface area contributed by atoms with Crippen molar-refractivity contribution in [1.29, 1.82) is 0 Å². The van der Waals surface area contributed by atoms with Crippen LogP contribution in [0.4, 0.5) is 5.13 Å². The molecule has 4 rings (SSSR count). The minimum atomic E-state index is -0.306. The molecule has 0 saturated carbocycles. The smallest absolute Gasteiger partial charge is 0.279 e. The Balaban J connectivity index is 1.53. The highest BCUT2D eigenvalue weighted by Crippen LogP contribution is 2.23. The van der Waals surface area contributed by atoms with Crippen LogP contribution in [0.1, 0.15) is 40.0 Å². The van der Waals surface area contributed by atoms with Gasteiger partial charge in [-0.05, 0) is 36.2 Å². The van der Waals surface area contributed by atoms with Gasteiger partial charge in [-0.2, -0.15) is 0 Å². The summed E-state index contributed by atoms with van der Waals surface area (Å²) in [6.07, 6.45) is 4.11. The molecule has 4 aromatic rings. The molecule has 0 atom stereocenters. The minimum Gasteiger partial charge on any atom is -0.296 e. The van der Waals surface area contributed by atoms with Crippen LogP contribution in [0.5, 0.6) is 0 Å². The van der Waals surface area contributed by atoms with E-state index in [1.165, 1.54) is 16.9 Å². The molecule has 0 fully saturated rings. The van der Waals surface area contributed by atoms with E-state index in [1.807, 2.05) is 30.3 Å². The number of carbonyl (C=O) groups is 1. The van der Waals surface area contributed by atoms with Crippen LogP contribution in [0.15, 0.2) is 60.8 Å². The Morgan fingerprint density at radius 2 is 1.90 bits per heavy atom. The lowest BCUT2D eigenvalue weighted by molar-refractivity contribution is 0.102. The fraction of sp³-hybridized carbons (Fsp3) is 0.182. The Labute approximate surface area is 183 Å². The number of hydrogen-bond donors (Lipinski definition) is 1. The first-order chi connectivity index (χ1) is 14.6. The van der Waals surface area contributed by atoms with Gasteiger partial charge >= 0.3 is 0 Å². The molecule has 0 spiro atoms. The number of thiazole rings is 1. The summed E-state index contributed by atoms with van der Waals surface area (Å²) >= 11 is 7.45. The van der Waals surface area contributed by atoms with Crippen molar-refractivity contribution in [2.75, 3.05) is 5.32 Å². The Bertz CT molecular complexity index is 1140. The summed E-state index contributed by atoms with van der Waals surface area (Å²) in [4.78, 5) is 18.3. The third kappa shape index (κ3) is 4.58. The fourth-order valence-corrected chi connectivity index (χ4v) is 4.10. The number of halogens is 1. The molecule has 30 heavy (non-hydrogen) atoms. The molecule has 2 aromatic heterocycles. The molecule has 2 heterocycles. The summed E-state index contributed by atoms with van der Waals surface area (Å²) in [5.74, 6) is -0.306. The normalized spacial score (nSPS) is 10.9. The second kappa shape index (κ2) is 9.19. The number of carbonyl (C=O) groups excluding carboxylic acids is 1. The van der Waals surface area contributed by atoms with Crippen molar-refractivity contribution in [2.24, 2.45) is 0 Å². The topological polar surface area (TPSA) is 72.7 Å². The first-order valence-electron chi connectivity index (χ1n) is 9.64. The first kappa shape index (κ1) is 20.3. The van der Waals surface area contributed by atoms with Crippen molar-refractivity contribution in [3.63, 3.8) is 0 Å². The highest BCUT2D eigenvalue weighted by Gasteiger charge is 2.21. The molecule has 6 nitrogen and oxygen atoms in total. The van der Waals surface area contributed by atoms with Crippen LogP contribution in [-0.2, 0) is 12.8 Å². The van der Waals surface area contributed by atoms with Crippen LogP contribution >= 0.6 is 22.9 Å². The summed E-state index contributed by atoms with van der Waals surface area (Å²) in [5.41, 5.74) is 3.09. The number of amides is 1. The largest absolute Gasteiger partial charge is 0.296 e. The van der Waals surface area contributed by atoms with Crippen LogP contribution in [0, 0.1) is 0 Å². The van der Waals surface area contributed by atoms with E-state index >= 15 is 0 Å². The quantitative estimate of drug-likeness (QED) is 0.432. The SMILES string of the molecule is CCCc1c(C(=O)Nc2ncc(Cc3ccccc3)s2)nnn1-c1ccc(Cl)cc1. The Hall–Kier alpha value is -3.03. The standard InChI is InChI=1S/C22H20ClN5OS/c1-2-6-19-20(26-27-28(19)17-11-9-16(23)10-12-17)21(29)25-22-24-14-18(30-22)13-15-7-4-3-5-8-15/h3-5,7-12,14H,2,6,13H2,1H3,(H,24,25,29). The van der Waals surface area contributed by atoms with Gasteiger partial charge in [-0.15, -0.1) is 16.4 Å². The molecule has 0 aliphatic heterocycles. The third-order valence-electron chi connectivity index (χ3n) is 4.53. The van der Waals surface area contributed by atoms with Crippen molar-refractivity contribution in [2.45, 2.75) is 26.2 Å². The number of anilines is 1. The van der Waals surface area contributed by atoms with Crippen molar-refractivity contribution in [3.8, 4) is 5.69 Å². The number of benzene rings is 2. The number of hydrogen-bond acceptors (Lipinski definition) is 5. The maximum atomic E-state index is 12.9. The Kier molecular flexibility index (Phi) is 6.21. The molecule has 0 unspecified atom stereocenters. The van der Waals surface area contributed by atoms with Crippen LogP contribution in [0.3, 0.4) is 0 Å². The summed E-state index contributed by atoms with van der Waals surface area (Å²) in [7, 11) is 0. The van der Waals surface area contributed by atoms with Crippen LogP contribution < -0.4 is 5.32 Å². The van der Waals surface area contributed by atoms with E-state index in [-0.39, 0.29) is 5.91 Å². The zero-order chi connectivity index (χ0) is 20.9. The van der Waals surface area contributed by atoms with Gasteiger partial charge in [0.05, 0.1) is 11.4 Å². The molecule has 0 saturated heterocycles. The highest BCUT2D eigenvalue weighted by molar-refractivity contribution is 7.15. The van der Waals surface area contributed by atoms with Gasteiger partial charge in [0.25, 0.3) is 5.91 Å². The fourth-order valence-electron chi connectivity index (χ4n) is 3.13. The van der Waals surface area contributed by atoms with E-state index in [1.54, 1.807) is 23.0 Å². The summed E-state index contributed by atoms with van der Waals surface area (Å²) in [5, 5.41) is 12.4. The van der Waals surface area contributed by atoms with Crippen LogP contribution in [-0.4, -0.2) is 25.9 Å². The monoisotopic (exact) mass is 437 g/mol. The third-order valence-corrected chi connectivity index (χ3v) is 5.70. The van der Waals surface area contributed by atoms with Gasteiger partial charge < -0.3 is 0 Å². The second-order valence-corrected chi connectivity index (χ2v) is 8.32. The zero-order valence-electron chi connectivity index (χ0n) is 16.4. The molecule has 1 amide bonds. The molecule has 152 valence electrons. The first-order valence-corrected chi connectivity index (χ1v) is 10.8. The maximum Gasteiger partial charge on any atom is 0.279 e. The van der Waals surface area contributed by atoms with Gasteiger partial charge in [-0.1, -0.05) is 60.5 Å². The highest BCUT2D eigenvalue weighted by atomic mass is 35.5. The molecular weight excluding hydrogens is 418 g/mol. The van der Waals surface area contributed by atoms with Crippen molar-refractivity contribution < 1.29 is 4.79 Å².